The van der Waals surface area contributed by atoms with E-state index in [2.05, 4.69) is 15.3 Å². The Hall–Kier alpha value is -3.49. The quantitative estimate of drug-likeness (QED) is 0.341. The van der Waals surface area contributed by atoms with E-state index in [9.17, 15) is 4.79 Å². The normalized spacial score (nSPS) is 11.0. The molecule has 5 rings (SSSR count). The number of hydrogen-bond donors (Lipinski definition) is 1. The average Bonchev–Trinajstić information content (AvgIpc) is 3.45. The van der Waals surface area contributed by atoms with Gasteiger partial charge in [-0.1, -0.05) is 60.3 Å². The predicted octanol–water partition coefficient (Wildman–Crippen LogP) is 5.49. The highest BCUT2D eigenvalue weighted by atomic mass is 32.2. The SMILES string of the molecule is Cc1cc(Sc2ccccc2NC(=O)Cc2cccs2)n2nc(-c3ccccc3)nc2n1. The Morgan fingerprint density at radius 1 is 1.03 bits per heavy atom. The molecule has 0 atom stereocenters. The lowest BCUT2D eigenvalue weighted by Crippen LogP contribution is -2.14. The molecule has 0 fully saturated rings. The van der Waals surface area contributed by atoms with E-state index in [4.69, 9.17) is 5.10 Å². The molecule has 158 valence electrons. The van der Waals surface area contributed by atoms with E-state index in [0.717, 1.165) is 31.7 Å². The Morgan fingerprint density at radius 3 is 2.66 bits per heavy atom. The minimum atomic E-state index is -0.0383. The first-order valence-electron chi connectivity index (χ1n) is 10.0. The third-order valence-electron chi connectivity index (χ3n) is 4.73. The van der Waals surface area contributed by atoms with Crippen LogP contribution in [0.4, 0.5) is 5.69 Å². The predicted molar refractivity (Wildman–Crippen MR) is 128 cm³/mol. The van der Waals surface area contributed by atoms with Crippen molar-refractivity contribution in [3.63, 3.8) is 0 Å². The highest BCUT2D eigenvalue weighted by molar-refractivity contribution is 7.99. The molecule has 6 nitrogen and oxygen atoms in total. The molecule has 0 aliphatic carbocycles. The first-order valence-corrected chi connectivity index (χ1v) is 11.7. The summed E-state index contributed by atoms with van der Waals surface area (Å²) in [6.45, 7) is 1.94. The Morgan fingerprint density at radius 2 is 1.84 bits per heavy atom. The zero-order valence-electron chi connectivity index (χ0n) is 17.2. The summed E-state index contributed by atoms with van der Waals surface area (Å²) in [4.78, 5) is 23.7. The summed E-state index contributed by atoms with van der Waals surface area (Å²) < 4.78 is 1.75. The van der Waals surface area contributed by atoms with Crippen molar-refractivity contribution in [3.05, 3.63) is 88.7 Å². The number of para-hydroxylation sites is 1. The van der Waals surface area contributed by atoms with Crippen molar-refractivity contribution in [1.82, 2.24) is 19.6 Å². The fourth-order valence-corrected chi connectivity index (χ4v) is 5.02. The molecular formula is C24H19N5OS2. The van der Waals surface area contributed by atoms with Gasteiger partial charge in [0.05, 0.1) is 12.1 Å². The number of aromatic nitrogens is 4. The van der Waals surface area contributed by atoms with Crippen molar-refractivity contribution < 1.29 is 4.79 Å². The van der Waals surface area contributed by atoms with Crippen LogP contribution in [-0.4, -0.2) is 25.5 Å². The molecule has 3 aromatic heterocycles. The van der Waals surface area contributed by atoms with Gasteiger partial charge in [0.15, 0.2) is 5.82 Å². The number of carbonyl (C=O) groups excluding carboxylic acids is 1. The number of carbonyl (C=O) groups is 1. The fourth-order valence-electron chi connectivity index (χ4n) is 3.27. The summed E-state index contributed by atoms with van der Waals surface area (Å²) >= 11 is 3.11. The molecule has 1 N–H and O–H groups in total. The van der Waals surface area contributed by atoms with E-state index in [1.54, 1.807) is 15.9 Å². The summed E-state index contributed by atoms with van der Waals surface area (Å²) in [5.41, 5.74) is 2.56. The third kappa shape index (κ3) is 4.42. The maximum Gasteiger partial charge on any atom is 0.254 e. The van der Waals surface area contributed by atoms with Crippen molar-refractivity contribution in [1.29, 1.82) is 0 Å². The Labute approximate surface area is 193 Å². The van der Waals surface area contributed by atoms with Gasteiger partial charge in [0.1, 0.15) is 5.03 Å². The molecule has 0 saturated carbocycles. The summed E-state index contributed by atoms with van der Waals surface area (Å²) in [6, 6.07) is 23.5. The maximum atomic E-state index is 12.6. The molecule has 0 aliphatic heterocycles. The zero-order chi connectivity index (χ0) is 21.9. The summed E-state index contributed by atoms with van der Waals surface area (Å²) in [5, 5.41) is 10.6. The molecule has 2 aromatic carbocycles. The number of amides is 1. The van der Waals surface area contributed by atoms with Crippen LogP contribution in [0.15, 0.2) is 88.1 Å². The van der Waals surface area contributed by atoms with Gasteiger partial charge in [0.2, 0.25) is 5.91 Å². The van der Waals surface area contributed by atoms with E-state index < -0.39 is 0 Å². The summed E-state index contributed by atoms with van der Waals surface area (Å²) in [5.74, 6) is 1.14. The number of nitrogens with zero attached hydrogens (tertiary/aromatic N) is 4. The van der Waals surface area contributed by atoms with Crippen molar-refractivity contribution in [2.24, 2.45) is 0 Å². The first kappa shape index (κ1) is 20.4. The van der Waals surface area contributed by atoms with Crippen LogP contribution >= 0.6 is 23.1 Å². The second-order valence-electron chi connectivity index (χ2n) is 7.15. The van der Waals surface area contributed by atoms with Crippen LogP contribution in [-0.2, 0) is 11.2 Å². The Kier molecular flexibility index (Phi) is 5.70. The lowest BCUT2D eigenvalue weighted by Gasteiger charge is -2.11. The van der Waals surface area contributed by atoms with Crippen LogP contribution < -0.4 is 5.32 Å². The van der Waals surface area contributed by atoms with Gasteiger partial charge in [-0.3, -0.25) is 4.79 Å². The highest BCUT2D eigenvalue weighted by Gasteiger charge is 2.15. The maximum absolute atomic E-state index is 12.6. The number of anilines is 1. The van der Waals surface area contributed by atoms with Crippen LogP contribution in [0.2, 0.25) is 0 Å². The van der Waals surface area contributed by atoms with Crippen molar-refractivity contribution >= 4 is 40.5 Å². The lowest BCUT2D eigenvalue weighted by atomic mass is 10.2. The van der Waals surface area contributed by atoms with Gasteiger partial charge >= 0.3 is 0 Å². The van der Waals surface area contributed by atoms with Crippen LogP contribution in [0.5, 0.6) is 0 Å². The van der Waals surface area contributed by atoms with Crippen LogP contribution in [0.25, 0.3) is 17.2 Å². The van der Waals surface area contributed by atoms with E-state index in [-0.39, 0.29) is 5.91 Å². The first-order chi connectivity index (χ1) is 15.7. The van der Waals surface area contributed by atoms with E-state index in [1.165, 1.54) is 11.8 Å². The van der Waals surface area contributed by atoms with E-state index >= 15 is 0 Å². The summed E-state index contributed by atoms with van der Waals surface area (Å²) in [7, 11) is 0. The van der Waals surface area contributed by atoms with Gasteiger partial charge < -0.3 is 5.32 Å². The van der Waals surface area contributed by atoms with Crippen LogP contribution in [0, 0.1) is 6.92 Å². The second-order valence-corrected chi connectivity index (χ2v) is 9.25. The van der Waals surface area contributed by atoms with Crippen LogP contribution in [0.3, 0.4) is 0 Å². The molecule has 1 amide bonds. The number of rotatable bonds is 6. The van der Waals surface area contributed by atoms with E-state index in [0.29, 0.717) is 18.0 Å². The molecule has 0 saturated heterocycles. The van der Waals surface area contributed by atoms with Crippen molar-refractivity contribution in [3.8, 4) is 11.4 Å². The highest BCUT2D eigenvalue weighted by Crippen LogP contribution is 2.34. The van der Waals surface area contributed by atoms with Crippen molar-refractivity contribution in [2.75, 3.05) is 5.32 Å². The van der Waals surface area contributed by atoms with Gasteiger partial charge in [0, 0.05) is 21.0 Å². The number of fused-ring (bicyclic) bond motifs is 1. The topological polar surface area (TPSA) is 72.2 Å². The molecule has 8 heteroatoms. The fraction of sp³-hybridized carbons (Fsp3) is 0.0833. The molecular weight excluding hydrogens is 438 g/mol. The molecule has 3 heterocycles. The number of thiophene rings is 1. The lowest BCUT2D eigenvalue weighted by molar-refractivity contribution is -0.115. The van der Waals surface area contributed by atoms with Crippen LogP contribution in [0.1, 0.15) is 10.6 Å². The van der Waals surface area contributed by atoms with Gasteiger partial charge in [-0.25, -0.2) is 4.98 Å². The third-order valence-corrected chi connectivity index (χ3v) is 6.68. The number of aryl methyl sites for hydroxylation is 1. The molecule has 0 spiro atoms. The number of benzene rings is 2. The second kappa shape index (κ2) is 8.94. The van der Waals surface area contributed by atoms with E-state index in [1.807, 2.05) is 85.1 Å². The zero-order valence-corrected chi connectivity index (χ0v) is 18.9. The number of nitrogens with one attached hydrogen (secondary N) is 1. The molecule has 5 aromatic rings. The molecule has 0 unspecified atom stereocenters. The Balaban J connectivity index is 1.46. The number of hydrogen-bond acceptors (Lipinski definition) is 6. The minimum absolute atomic E-state index is 0.0383. The largest absolute Gasteiger partial charge is 0.325 e. The molecule has 0 radical (unpaired) electrons. The standard InChI is InChI=1S/C24H19N5OS2/c1-16-14-22(29-24(25-16)27-23(28-29)17-8-3-2-4-9-17)32-20-12-6-5-11-19(20)26-21(30)15-18-10-7-13-31-18/h2-14H,15H2,1H3,(H,26,30). The monoisotopic (exact) mass is 457 g/mol. The van der Waals surface area contributed by atoms with Gasteiger partial charge in [0.25, 0.3) is 5.78 Å². The molecule has 0 aliphatic rings. The summed E-state index contributed by atoms with van der Waals surface area (Å²) in [6.07, 6.45) is 0.360. The van der Waals surface area contributed by atoms with Crippen molar-refractivity contribution in [2.45, 2.75) is 23.3 Å². The Bertz CT molecular complexity index is 1380. The smallest absolute Gasteiger partial charge is 0.254 e. The molecule has 0 bridgehead atoms. The van der Waals surface area contributed by atoms with Gasteiger partial charge in [-0.2, -0.15) is 9.50 Å². The van der Waals surface area contributed by atoms with Gasteiger partial charge in [-0.15, -0.1) is 16.4 Å². The molecule has 32 heavy (non-hydrogen) atoms. The average molecular weight is 458 g/mol. The minimum Gasteiger partial charge on any atom is -0.325 e. The van der Waals surface area contributed by atoms with Gasteiger partial charge in [-0.05, 0) is 36.6 Å².